The Morgan fingerprint density at radius 3 is 0.877 bits per heavy atom. The summed E-state index contributed by atoms with van der Waals surface area (Å²) in [7, 11) is 0. The molecule has 0 radical (unpaired) electrons. The number of aryl methyl sites for hydroxylation is 1. The summed E-state index contributed by atoms with van der Waals surface area (Å²) in [4.78, 5) is 0. The van der Waals surface area contributed by atoms with Crippen LogP contribution >= 0.6 is 0 Å². The lowest BCUT2D eigenvalue weighted by atomic mass is 9.85. The van der Waals surface area contributed by atoms with E-state index >= 15 is 0 Å². The molecule has 0 amide bonds. The molecular formula is C71H52N2. The van der Waals surface area contributed by atoms with E-state index < -0.39 is 0 Å². The van der Waals surface area contributed by atoms with Crippen molar-refractivity contribution in [1.29, 1.82) is 0 Å². The molecule has 346 valence electrons. The van der Waals surface area contributed by atoms with Gasteiger partial charge in [0, 0.05) is 44.8 Å². The fraction of sp³-hybridized carbons (Fsp3) is 0.0423. The highest BCUT2D eigenvalue weighted by molar-refractivity contribution is 6.21. The highest BCUT2D eigenvalue weighted by Gasteiger charge is 2.19. The van der Waals surface area contributed by atoms with Crippen LogP contribution in [0.5, 0.6) is 0 Å². The van der Waals surface area contributed by atoms with Crippen molar-refractivity contribution in [2.75, 3.05) is 0 Å². The van der Waals surface area contributed by atoms with Crippen LogP contribution in [-0.2, 0) is 6.54 Å². The van der Waals surface area contributed by atoms with Gasteiger partial charge in [0.05, 0.1) is 11.0 Å². The Kier molecular flexibility index (Phi) is 10.7. The maximum atomic E-state index is 2.44. The predicted octanol–water partition coefficient (Wildman–Crippen LogP) is 19.9. The van der Waals surface area contributed by atoms with Gasteiger partial charge in [0.25, 0.3) is 0 Å². The van der Waals surface area contributed by atoms with E-state index in [1.54, 1.807) is 0 Å². The van der Waals surface area contributed by atoms with Gasteiger partial charge in [-0.3, -0.25) is 0 Å². The molecule has 0 spiro atoms. The van der Waals surface area contributed by atoms with E-state index in [1.165, 1.54) is 132 Å². The zero-order valence-electron chi connectivity index (χ0n) is 39.9. The predicted molar refractivity (Wildman–Crippen MR) is 314 cm³/mol. The van der Waals surface area contributed by atoms with Gasteiger partial charge in [-0.05, 0) is 156 Å². The minimum Gasteiger partial charge on any atom is -0.341 e. The molecule has 0 unspecified atom stereocenters. The maximum Gasteiger partial charge on any atom is 0.0541 e. The minimum absolute atomic E-state index is 0. The van der Waals surface area contributed by atoms with E-state index in [0.29, 0.717) is 0 Å². The van der Waals surface area contributed by atoms with Gasteiger partial charge in [-0.15, -0.1) is 0 Å². The van der Waals surface area contributed by atoms with Crippen LogP contribution in [0.4, 0.5) is 0 Å². The number of aromatic nitrogens is 2. The van der Waals surface area contributed by atoms with Crippen LogP contribution in [0.15, 0.2) is 261 Å². The molecule has 14 aromatic rings. The second-order valence-electron chi connectivity index (χ2n) is 19.1. The molecule has 0 aliphatic carbocycles. The molecule has 73 heavy (non-hydrogen) atoms. The van der Waals surface area contributed by atoms with Crippen molar-refractivity contribution in [2.45, 2.75) is 20.9 Å². The molecule has 0 N–H and O–H groups in total. The van der Waals surface area contributed by atoms with Crippen molar-refractivity contribution in [3.8, 4) is 72.4 Å². The van der Waals surface area contributed by atoms with Gasteiger partial charge in [-0.25, -0.2) is 0 Å². The monoisotopic (exact) mass is 932 g/mol. The number of nitrogens with zero attached hydrogens (tertiary/aromatic N) is 2. The summed E-state index contributed by atoms with van der Waals surface area (Å²) in [5.74, 6) is 0. The second-order valence-corrected chi connectivity index (χ2v) is 19.1. The third-order valence-electron chi connectivity index (χ3n) is 15.1. The van der Waals surface area contributed by atoms with E-state index in [4.69, 9.17) is 0 Å². The molecule has 0 bridgehead atoms. The molecule has 0 aliphatic heterocycles. The van der Waals surface area contributed by atoms with Gasteiger partial charge in [-0.2, -0.15) is 0 Å². The lowest BCUT2D eigenvalue weighted by Gasteiger charge is -2.18. The van der Waals surface area contributed by atoms with Crippen LogP contribution in [0.3, 0.4) is 0 Å². The molecule has 0 fully saturated rings. The summed E-state index contributed by atoms with van der Waals surface area (Å²) in [6.45, 7) is 3.16. The molecule has 2 nitrogen and oxygen atoms in total. The first-order chi connectivity index (χ1) is 35.7. The number of rotatable bonds is 8. The SMILES string of the molecule is C.CCn1c2ccc(-c3ccccc3)cc2c2cc(-c3ccc(-c4c5ccccc5c(-c5ccc(-c6ccc7c(c6)c6cc(-c8ccccc8)ccc6n7-c6ccccc6)cc5)c5ccccc45)cc3)ccc21. The standard InChI is InChI=1S/C70H48N2.CH4/c1-2-71-65-38-34-52(46-16-6-3-7-17-46)42-61(65)62-43-54(35-39-66(62)71)48-26-30-50(31-27-48)69-57-22-12-14-24-59(57)70(60-25-15-13-23-58(60)69)51-32-28-49(29-33-51)55-37-41-68-64(45-55)63-44-53(47-18-8-4-9-19-47)36-40-67(63)72(68)56-20-10-5-11-21-56;/h3-45H,2H2,1H3;1H4. The van der Waals surface area contributed by atoms with E-state index in [-0.39, 0.29) is 7.43 Å². The Balaban J connectivity index is 0.00000516. The van der Waals surface area contributed by atoms with E-state index in [0.717, 1.165) is 12.2 Å². The summed E-state index contributed by atoms with van der Waals surface area (Å²) in [6, 6.07) is 96.3. The van der Waals surface area contributed by atoms with Crippen molar-refractivity contribution in [3.05, 3.63) is 261 Å². The maximum absolute atomic E-state index is 2.44. The molecule has 2 aromatic heterocycles. The zero-order valence-corrected chi connectivity index (χ0v) is 39.9. The highest BCUT2D eigenvalue weighted by atomic mass is 15.0. The zero-order chi connectivity index (χ0) is 47.7. The fourth-order valence-electron chi connectivity index (χ4n) is 11.7. The third-order valence-corrected chi connectivity index (χ3v) is 15.1. The lowest BCUT2D eigenvalue weighted by molar-refractivity contribution is 0.827. The summed E-state index contributed by atoms with van der Waals surface area (Å²) >= 11 is 0. The summed E-state index contributed by atoms with van der Waals surface area (Å²) in [6.07, 6.45) is 0. The van der Waals surface area contributed by atoms with Crippen molar-refractivity contribution in [3.63, 3.8) is 0 Å². The fourth-order valence-corrected chi connectivity index (χ4v) is 11.7. The first-order valence-corrected chi connectivity index (χ1v) is 25.1. The quantitative estimate of drug-likeness (QED) is 0.134. The van der Waals surface area contributed by atoms with E-state index in [1.807, 2.05) is 0 Å². The smallest absolute Gasteiger partial charge is 0.0541 e. The normalized spacial score (nSPS) is 11.6. The first kappa shape index (κ1) is 43.8. The molecule has 2 heteroatoms. The average Bonchev–Trinajstić information content (AvgIpc) is 3.96. The van der Waals surface area contributed by atoms with Crippen LogP contribution in [0, 0.1) is 0 Å². The van der Waals surface area contributed by atoms with Gasteiger partial charge < -0.3 is 9.13 Å². The van der Waals surface area contributed by atoms with Crippen molar-refractivity contribution in [1.82, 2.24) is 9.13 Å². The number of hydrogen-bond acceptors (Lipinski definition) is 0. The molecule has 2 heterocycles. The van der Waals surface area contributed by atoms with Gasteiger partial charge >= 0.3 is 0 Å². The summed E-state index contributed by atoms with van der Waals surface area (Å²) in [5, 5.41) is 10.1. The van der Waals surface area contributed by atoms with E-state index in [9.17, 15) is 0 Å². The number of benzene rings is 12. The van der Waals surface area contributed by atoms with Crippen LogP contribution < -0.4 is 0 Å². The average molecular weight is 933 g/mol. The van der Waals surface area contributed by atoms with Crippen molar-refractivity contribution < 1.29 is 0 Å². The van der Waals surface area contributed by atoms with Crippen LogP contribution in [0.25, 0.3) is 138 Å². The van der Waals surface area contributed by atoms with E-state index in [2.05, 4.69) is 277 Å². The number of para-hydroxylation sites is 1. The molecule has 14 rings (SSSR count). The second kappa shape index (κ2) is 17.9. The van der Waals surface area contributed by atoms with Crippen LogP contribution in [0.1, 0.15) is 14.4 Å². The van der Waals surface area contributed by atoms with Gasteiger partial charge in [0.1, 0.15) is 0 Å². The Labute approximate surface area is 426 Å². The molecular weight excluding hydrogens is 881 g/mol. The van der Waals surface area contributed by atoms with Crippen molar-refractivity contribution in [2.24, 2.45) is 0 Å². The minimum atomic E-state index is 0. The summed E-state index contributed by atoms with van der Waals surface area (Å²) in [5.41, 5.74) is 20.8. The summed E-state index contributed by atoms with van der Waals surface area (Å²) < 4.78 is 4.84. The van der Waals surface area contributed by atoms with Gasteiger partial charge in [0.2, 0.25) is 0 Å². The molecule has 0 aliphatic rings. The molecule has 0 saturated heterocycles. The highest BCUT2D eigenvalue weighted by Crippen LogP contribution is 2.45. The van der Waals surface area contributed by atoms with Crippen LogP contribution in [0.2, 0.25) is 0 Å². The number of hydrogen-bond donors (Lipinski definition) is 0. The molecule has 12 aromatic carbocycles. The largest absolute Gasteiger partial charge is 0.341 e. The van der Waals surface area contributed by atoms with Gasteiger partial charge in [0.15, 0.2) is 0 Å². The Morgan fingerprint density at radius 1 is 0.247 bits per heavy atom. The first-order valence-electron chi connectivity index (χ1n) is 25.1. The lowest BCUT2D eigenvalue weighted by Crippen LogP contribution is -1.93. The van der Waals surface area contributed by atoms with Gasteiger partial charge in [-0.1, -0.05) is 208 Å². The topological polar surface area (TPSA) is 9.86 Å². The molecule has 0 saturated carbocycles. The Morgan fingerprint density at radius 2 is 0.521 bits per heavy atom. The number of fused-ring (bicyclic) bond motifs is 8. The van der Waals surface area contributed by atoms with Crippen LogP contribution in [-0.4, -0.2) is 9.13 Å². The van der Waals surface area contributed by atoms with Crippen molar-refractivity contribution >= 4 is 65.2 Å². The molecule has 0 atom stereocenters. The third kappa shape index (κ3) is 7.25. The Bertz CT molecular complexity index is 4310. The Hall–Kier alpha value is -9.24.